The number of para-hydroxylation sites is 1. The Morgan fingerprint density at radius 1 is 1.00 bits per heavy atom. The van der Waals surface area contributed by atoms with Gasteiger partial charge in [0, 0.05) is 6.07 Å². The van der Waals surface area contributed by atoms with Crippen molar-refractivity contribution in [3.63, 3.8) is 0 Å². The Bertz CT molecular complexity index is 767. The highest BCUT2D eigenvalue weighted by atomic mass is 16.3. The SMILES string of the molecule is O=c1c([O-])c(O)c1=O.Oc1cccc2ccc[nH+]c12. The first-order valence-corrected chi connectivity index (χ1v) is 5.30. The number of aromatic hydroxyl groups is 2. The lowest BCUT2D eigenvalue weighted by Gasteiger charge is -2.05. The molecule has 0 saturated heterocycles. The number of fused-ring (bicyclic) bond motifs is 1. The van der Waals surface area contributed by atoms with E-state index < -0.39 is 22.4 Å². The smallest absolute Gasteiger partial charge is 0.266 e. The normalized spacial score (nSPS) is 10.1. The fraction of sp³-hybridized carbons (Fsp3) is 0. The number of aromatic amines is 1. The molecule has 0 fully saturated rings. The third kappa shape index (κ3) is 2.23. The molecule has 2 aromatic carbocycles. The molecule has 3 rings (SSSR count). The van der Waals surface area contributed by atoms with Gasteiger partial charge in [-0.05, 0) is 23.9 Å². The van der Waals surface area contributed by atoms with E-state index in [0.29, 0.717) is 5.75 Å². The zero-order valence-electron chi connectivity index (χ0n) is 9.58. The number of hydrogen-bond donors (Lipinski definition) is 2. The molecular weight excluding hydrogens is 250 g/mol. The van der Waals surface area contributed by atoms with Crippen LogP contribution in [0, 0.1) is 0 Å². The average Bonchev–Trinajstić information content (AvgIpc) is 2.46. The first-order valence-electron chi connectivity index (χ1n) is 5.30. The largest absolute Gasteiger partial charge is 0.867 e. The van der Waals surface area contributed by atoms with Crippen LogP contribution in [-0.2, 0) is 0 Å². The van der Waals surface area contributed by atoms with Crippen LogP contribution in [0.15, 0.2) is 46.1 Å². The van der Waals surface area contributed by atoms with Crippen molar-refractivity contribution in [2.24, 2.45) is 0 Å². The van der Waals surface area contributed by atoms with E-state index in [4.69, 9.17) is 5.11 Å². The van der Waals surface area contributed by atoms with E-state index in [-0.39, 0.29) is 0 Å². The molecule has 0 unspecified atom stereocenters. The van der Waals surface area contributed by atoms with Crippen LogP contribution in [0.4, 0.5) is 0 Å². The van der Waals surface area contributed by atoms with E-state index in [0.717, 1.165) is 10.9 Å². The van der Waals surface area contributed by atoms with Crippen molar-refractivity contribution >= 4 is 10.9 Å². The second kappa shape index (κ2) is 4.77. The molecule has 0 aliphatic carbocycles. The highest BCUT2D eigenvalue weighted by molar-refractivity contribution is 5.80. The van der Waals surface area contributed by atoms with E-state index in [1.54, 1.807) is 12.3 Å². The van der Waals surface area contributed by atoms with Crippen LogP contribution in [0.25, 0.3) is 10.9 Å². The van der Waals surface area contributed by atoms with E-state index in [1.807, 2.05) is 24.3 Å². The maximum absolute atomic E-state index is 9.91. The molecule has 3 aromatic rings. The maximum atomic E-state index is 9.91. The van der Waals surface area contributed by atoms with E-state index in [9.17, 15) is 19.8 Å². The van der Waals surface area contributed by atoms with E-state index in [1.165, 1.54) is 0 Å². The van der Waals surface area contributed by atoms with Crippen LogP contribution in [0.2, 0.25) is 0 Å². The van der Waals surface area contributed by atoms with Crippen LogP contribution < -0.4 is 20.9 Å². The number of phenols is 1. The number of pyridine rings is 1. The third-order valence-corrected chi connectivity index (χ3v) is 2.52. The number of hydrogen-bond acceptors (Lipinski definition) is 5. The molecule has 0 amide bonds. The molecule has 0 aliphatic rings. The first kappa shape index (κ1) is 12.6. The molecule has 6 nitrogen and oxygen atoms in total. The van der Waals surface area contributed by atoms with Crippen molar-refractivity contribution in [1.29, 1.82) is 0 Å². The van der Waals surface area contributed by atoms with E-state index >= 15 is 0 Å². The van der Waals surface area contributed by atoms with Crippen molar-refractivity contribution in [2.45, 2.75) is 0 Å². The highest BCUT2D eigenvalue weighted by Crippen LogP contribution is 2.18. The molecular formula is C13H9NO5. The number of benzene rings is 1. The average molecular weight is 259 g/mol. The molecule has 0 atom stereocenters. The van der Waals surface area contributed by atoms with Gasteiger partial charge in [-0.2, -0.15) is 0 Å². The van der Waals surface area contributed by atoms with Gasteiger partial charge in [0.25, 0.3) is 10.9 Å². The van der Waals surface area contributed by atoms with Crippen molar-refractivity contribution in [3.8, 4) is 17.2 Å². The number of H-pyrrole nitrogens is 1. The molecule has 6 heteroatoms. The molecule has 96 valence electrons. The zero-order chi connectivity index (χ0) is 14.0. The second-order valence-electron chi connectivity index (χ2n) is 3.75. The van der Waals surface area contributed by atoms with Crippen LogP contribution in [-0.4, -0.2) is 10.2 Å². The number of aromatic nitrogens is 1. The standard InChI is InChI=1S/C9H7NO.C4H2O4/c11-8-5-1-3-7-4-2-6-10-9(7)8;5-1-2(6)4(8)3(1)7/h1-6,11H;5-6H. The Labute approximate surface area is 106 Å². The lowest BCUT2D eigenvalue weighted by atomic mass is 10.2. The summed E-state index contributed by atoms with van der Waals surface area (Å²) in [4.78, 5) is 22.8. The molecule has 0 bridgehead atoms. The van der Waals surface area contributed by atoms with Crippen molar-refractivity contribution in [3.05, 3.63) is 57.0 Å². The summed E-state index contributed by atoms with van der Waals surface area (Å²) in [6, 6.07) is 9.29. The minimum atomic E-state index is -1.12. The lowest BCUT2D eigenvalue weighted by molar-refractivity contribution is -0.345. The highest BCUT2D eigenvalue weighted by Gasteiger charge is 2.09. The third-order valence-electron chi connectivity index (χ3n) is 2.52. The Morgan fingerprint density at radius 3 is 2.21 bits per heavy atom. The van der Waals surface area contributed by atoms with Crippen LogP contribution in [0.1, 0.15) is 0 Å². The van der Waals surface area contributed by atoms with Gasteiger partial charge in [-0.1, -0.05) is 6.07 Å². The van der Waals surface area contributed by atoms with Gasteiger partial charge in [-0.15, -0.1) is 0 Å². The van der Waals surface area contributed by atoms with Gasteiger partial charge in [0.05, 0.1) is 5.39 Å². The number of rotatable bonds is 0. The van der Waals surface area contributed by atoms with E-state index in [2.05, 4.69) is 4.98 Å². The Hall–Kier alpha value is -2.89. The predicted octanol–water partition coefficient (Wildman–Crippen LogP) is -0.579. The Balaban J connectivity index is 0.000000148. The van der Waals surface area contributed by atoms with Crippen LogP contribution in [0.5, 0.6) is 17.2 Å². The van der Waals surface area contributed by atoms with Gasteiger partial charge in [0.2, 0.25) is 5.43 Å². The number of phenolic OH excluding ortho intramolecular Hbond substituents is 1. The monoisotopic (exact) mass is 259 g/mol. The van der Waals surface area contributed by atoms with Gasteiger partial charge in [-0.3, -0.25) is 9.59 Å². The summed E-state index contributed by atoms with van der Waals surface area (Å²) in [5, 5.41) is 28.4. The quantitative estimate of drug-likeness (QED) is 0.524. The summed E-state index contributed by atoms with van der Waals surface area (Å²) >= 11 is 0. The molecule has 3 N–H and O–H groups in total. The minimum Gasteiger partial charge on any atom is -0.867 e. The van der Waals surface area contributed by atoms with Crippen molar-refractivity contribution in [2.75, 3.05) is 0 Å². The van der Waals surface area contributed by atoms with Crippen molar-refractivity contribution < 1.29 is 20.3 Å². The minimum absolute atomic E-state index is 0.295. The molecule has 0 saturated carbocycles. The fourth-order valence-electron chi connectivity index (χ4n) is 1.50. The van der Waals surface area contributed by atoms with Gasteiger partial charge >= 0.3 is 0 Å². The first-order chi connectivity index (χ1) is 9.02. The van der Waals surface area contributed by atoms with Gasteiger partial charge in [0.1, 0.15) is 0 Å². The lowest BCUT2D eigenvalue weighted by Crippen LogP contribution is -2.33. The second-order valence-corrected chi connectivity index (χ2v) is 3.75. The molecule has 0 radical (unpaired) electrons. The van der Waals surface area contributed by atoms with Crippen LogP contribution in [0.3, 0.4) is 0 Å². The van der Waals surface area contributed by atoms with Crippen LogP contribution >= 0.6 is 0 Å². The predicted molar refractivity (Wildman–Crippen MR) is 64.6 cm³/mol. The molecule has 19 heavy (non-hydrogen) atoms. The Kier molecular flexibility index (Phi) is 3.15. The molecule has 0 spiro atoms. The molecule has 1 heterocycles. The summed E-state index contributed by atoms with van der Waals surface area (Å²) in [5.41, 5.74) is -1.41. The maximum Gasteiger partial charge on any atom is 0.266 e. The summed E-state index contributed by atoms with van der Waals surface area (Å²) < 4.78 is 0. The summed E-state index contributed by atoms with van der Waals surface area (Å²) in [7, 11) is 0. The summed E-state index contributed by atoms with van der Waals surface area (Å²) in [6.45, 7) is 0. The zero-order valence-corrected chi connectivity index (χ0v) is 9.58. The summed E-state index contributed by atoms with van der Waals surface area (Å²) in [6.07, 6.45) is 1.79. The Morgan fingerprint density at radius 2 is 1.68 bits per heavy atom. The van der Waals surface area contributed by atoms with Gasteiger partial charge < -0.3 is 15.3 Å². The molecule has 0 aliphatic heterocycles. The summed E-state index contributed by atoms with van der Waals surface area (Å²) in [5.74, 6) is -1.71. The van der Waals surface area contributed by atoms with Crippen molar-refractivity contribution in [1.82, 2.24) is 0 Å². The fourth-order valence-corrected chi connectivity index (χ4v) is 1.50. The topological polar surface area (TPSA) is 112 Å². The molecule has 1 aromatic heterocycles. The van der Waals surface area contributed by atoms with Gasteiger partial charge in [0.15, 0.2) is 17.7 Å². The number of nitrogens with one attached hydrogen (secondary N) is 1. The van der Waals surface area contributed by atoms with Gasteiger partial charge in [-0.25, -0.2) is 4.98 Å².